The fourth-order valence-electron chi connectivity index (χ4n) is 3.23. The number of nitriles is 1. The molecule has 2 aromatic rings. The van der Waals surface area contributed by atoms with E-state index in [0.717, 1.165) is 0 Å². The van der Waals surface area contributed by atoms with Gasteiger partial charge >= 0.3 is 0 Å². The average molecular weight is 361 g/mol. The number of ether oxygens (including phenoxy) is 1. The van der Waals surface area contributed by atoms with E-state index in [0.29, 0.717) is 35.2 Å². The van der Waals surface area contributed by atoms with Crippen LogP contribution in [0.2, 0.25) is 0 Å². The number of anilines is 1. The summed E-state index contributed by atoms with van der Waals surface area (Å²) in [5.41, 5.74) is 1.22. The van der Waals surface area contributed by atoms with Gasteiger partial charge in [-0.25, -0.2) is 4.98 Å². The second-order valence-electron chi connectivity index (χ2n) is 6.69. The molecule has 0 bridgehead atoms. The van der Waals surface area contributed by atoms with Crippen molar-refractivity contribution in [1.29, 1.82) is 5.26 Å². The molecule has 0 aliphatic heterocycles. The molecule has 1 aromatic carbocycles. The van der Waals surface area contributed by atoms with Gasteiger partial charge in [0.05, 0.1) is 18.2 Å². The predicted molar refractivity (Wildman–Crippen MR) is 105 cm³/mol. The van der Waals surface area contributed by atoms with Crippen LogP contribution in [0.3, 0.4) is 0 Å². The Morgan fingerprint density at radius 2 is 2.04 bits per heavy atom. The van der Waals surface area contributed by atoms with Crippen LogP contribution in [0.4, 0.5) is 5.82 Å². The zero-order valence-electron chi connectivity index (χ0n) is 15.2. The Kier molecular flexibility index (Phi) is 6.59. The van der Waals surface area contributed by atoms with Crippen LogP contribution in [0.15, 0.2) is 48.7 Å². The van der Waals surface area contributed by atoms with Crippen LogP contribution in [-0.4, -0.2) is 17.5 Å². The lowest BCUT2D eigenvalue weighted by Gasteiger charge is -2.22. The molecule has 5 nitrogen and oxygen atoms in total. The summed E-state index contributed by atoms with van der Waals surface area (Å²) < 4.78 is 5.93. The first kappa shape index (κ1) is 18.7. The maximum absolute atomic E-state index is 12.3. The van der Waals surface area contributed by atoms with Crippen molar-refractivity contribution < 1.29 is 9.53 Å². The summed E-state index contributed by atoms with van der Waals surface area (Å²) in [5.74, 6) is 1.26. The fraction of sp³-hybridized carbons (Fsp3) is 0.318. The van der Waals surface area contributed by atoms with Gasteiger partial charge in [-0.05, 0) is 48.6 Å². The van der Waals surface area contributed by atoms with E-state index in [9.17, 15) is 4.79 Å². The molecule has 0 saturated heterocycles. The van der Waals surface area contributed by atoms with Crippen LogP contribution in [0.5, 0.6) is 5.75 Å². The molecule has 0 atom stereocenters. The Balaban J connectivity index is 1.62. The molecule has 1 aliphatic rings. The van der Waals surface area contributed by atoms with Gasteiger partial charge in [0.1, 0.15) is 0 Å². The lowest BCUT2D eigenvalue weighted by atomic mass is 9.90. The summed E-state index contributed by atoms with van der Waals surface area (Å²) >= 11 is 0. The first-order valence-corrected chi connectivity index (χ1v) is 9.32. The molecule has 1 amide bonds. The number of nitrogens with one attached hydrogen (secondary N) is 1. The highest BCUT2D eigenvalue weighted by Gasteiger charge is 2.15. The minimum atomic E-state index is -0.316. The van der Waals surface area contributed by atoms with Gasteiger partial charge in [0, 0.05) is 12.3 Å². The lowest BCUT2D eigenvalue weighted by Crippen LogP contribution is -2.17. The summed E-state index contributed by atoms with van der Waals surface area (Å²) in [4.78, 5) is 16.5. The Labute approximate surface area is 159 Å². The first-order chi connectivity index (χ1) is 13.3. The van der Waals surface area contributed by atoms with Gasteiger partial charge in [-0.1, -0.05) is 37.5 Å². The van der Waals surface area contributed by atoms with Gasteiger partial charge in [-0.3, -0.25) is 4.79 Å². The third-order valence-electron chi connectivity index (χ3n) is 4.71. The summed E-state index contributed by atoms with van der Waals surface area (Å²) in [5, 5.41) is 11.9. The molecule has 1 fully saturated rings. The Morgan fingerprint density at radius 3 is 2.85 bits per heavy atom. The van der Waals surface area contributed by atoms with E-state index in [-0.39, 0.29) is 5.91 Å². The zero-order valence-corrected chi connectivity index (χ0v) is 15.2. The van der Waals surface area contributed by atoms with Crippen molar-refractivity contribution >= 4 is 17.8 Å². The number of carbonyl (C=O) groups excluding carboxylic acids is 1. The summed E-state index contributed by atoms with van der Waals surface area (Å²) in [7, 11) is 0. The predicted octanol–water partition coefficient (Wildman–Crippen LogP) is 4.56. The largest absolute Gasteiger partial charge is 0.489 e. The first-order valence-electron chi connectivity index (χ1n) is 9.32. The second kappa shape index (κ2) is 9.54. The number of nitrogens with zero attached hydrogens (tertiary/aromatic N) is 2. The van der Waals surface area contributed by atoms with Gasteiger partial charge in [-0.15, -0.1) is 0 Å². The van der Waals surface area contributed by atoms with Crippen LogP contribution in [0.25, 0.3) is 6.08 Å². The Morgan fingerprint density at radius 1 is 1.22 bits per heavy atom. The molecule has 138 valence electrons. The number of amides is 1. The number of rotatable bonds is 6. The molecular weight excluding hydrogens is 338 g/mol. The number of pyridine rings is 1. The molecule has 27 heavy (non-hydrogen) atoms. The van der Waals surface area contributed by atoms with E-state index in [1.807, 2.05) is 12.1 Å². The standard InChI is InChI=1S/C22H23N3O2/c23-15-19-10-5-4-9-18(19)12-13-21(26)25-22-20(11-6-14-24-22)27-16-17-7-2-1-3-8-17/h4-6,9-14,17H,1-3,7-8,16H2,(H,24,25,26)/b13-12+. The van der Waals surface area contributed by atoms with Crippen molar-refractivity contribution in [3.05, 3.63) is 59.8 Å². The van der Waals surface area contributed by atoms with E-state index in [1.165, 1.54) is 38.2 Å². The van der Waals surface area contributed by atoms with Crippen molar-refractivity contribution in [1.82, 2.24) is 4.98 Å². The molecule has 1 N–H and O–H groups in total. The zero-order chi connectivity index (χ0) is 18.9. The Hall–Kier alpha value is -3.13. The topological polar surface area (TPSA) is 75.0 Å². The highest BCUT2D eigenvalue weighted by molar-refractivity contribution is 6.02. The van der Waals surface area contributed by atoms with Crippen LogP contribution < -0.4 is 10.1 Å². The van der Waals surface area contributed by atoms with Crippen molar-refractivity contribution in [3.63, 3.8) is 0 Å². The van der Waals surface area contributed by atoms with Gasteiger partial charge in [-0.2, -0.15) is 5.26 Å². The molecule has 0 spiro atoms. The van der Waals surface area contributed by atoms with Gasteiger partial charge < -0.3 is 10.1 Å². The fourth-order valence-corrected chi connectivity index (χ4v) is 3.23. The second-order valence-corrected chi connectivity index (χ2v) is 6.69. The van der Waals surface area contributed by atoms with Gasteiger partial charge in [0.2, 0.25) is 5.91 Å². The number of hydrogen-bond acceptors (Lipinski definition) is 4. The van der Waals surface area contributed by atoms with E-state index in [2.05, 4.69) is 16.4 Å². The minimum absolute atomic E-state index is 0.316. The molecule has 1 aromatic heterocycles. The van der Waals surface area contributed by atoms with Crippen molar-refractivity contribution in [2.75, 3.05) is 11.9 Å². The summed E-state index contributed by atoms with van der Waals surface area (Å²) in [6.45, 7) is 0.653. The van der Waals surface area contributed by atoms with Crippen LogP contribution >= 0.6 is 0 Å². The van der Waals surface area contributed by atoms with Crippen LogP contribution in [-0.2, 0) is 4.79 Å². The molecule has 1 aliphatic carbocycles. The Bertz CT molecular complexity index is 849. The van der Waals surface area contributed by atoms with E-state index >= 15 is 0 Å². The van der Waals surface area contributed by atoms with Gasteiger partial charge in [0.15, 0.2) is 11.6 Å². The SMILES string of the molecule is N#Cc1ccccc1/C=C/C(=O)Nc1ncccc1OCC1CCCCC1. The average Bonchev–Trinajstić information content (AvgIpc) is 2.72. The molecule has 5 heteroatoms. The highest BCUT2D eigenvalue weighted by Crippen LogP contribution is 2.27. The quantitative estimate of drug-likeness (QED) is 0.765. The smallest absolute Gasteiger partial charge is 0.249 e. The van der Waals surface area contributed by atoms with Crippen molar-refractivity contribution in [2.45, 2.75) is 32.1 Å². The van der Waals surface area contributed by atoms with E-state index < -0.39 is 0 Å². The van der Waals surface area contributed by atoms with Crippen molar-refractivity contribution in [3.8, 4) is 11.8 Å². The van der Waals surface area contributed by atoms with Crippen LogP contribution in [0, 0.1) is 17.2 Å². The third kappa shape index (κ3) is 5.42. The number of carbonyl (C=O) groups is 1. The van der Waals surface area contributed by atoms with Crippen LogP contribution in [0.1, 0.15) is 43.2 Å². The molecule has 3 rings (SSSR count). The normalized spacial score (nSPS) is 14.6. The highest BCUT2D eigenvalue weighted by atomic mass is 16.5. The summed E-state index contributed by atoms with van der Waals surface area (Å²) in [6, 6.07) is 12.9. The van der Waals surface area contributed by atoms with Gasteiger partial charge in [0.25, 0.3) is 0 Å². The maximum atomic E-state index is 12.3. The number of aromatic nitrogens is 1. The molecule has 1 saturated carbocycles. The molecular formula is C22H23N3O2. The lowest BCUT2D eigenvalue weighted by molar-refractivity contribution is -0.111. The van der Waals surface area contributed by atoms with E-state index in [1.54, 1.807) is 36.5 Å². The number of benzene rings is 1. The molecule has 1 heterocycles. The monoisotopic (exact) mass is 361 g/mol. The number of hydrogen-bond donors (Lipinski definition) is 1. The van der Waals surface area contributed by atoms with E-state index in [4.69, 9.17) is 10.00 Å². The third-order valence-corrected chi connectivity index (χ3v) is 4.71. The summed E-state index contributed by atoms with van der Waals surface area (Å²) in [6.07, 6.45) is 10.9. The maximum Gasteiger partial charge on any atom is 0.249 e. The minimum Gasteiger partial charge on any atom is -0.489 e. The van der Waals surface area contributed by atoms with Crippen molar-refractivity contribution in [2.24, 2.45) is 5.92 Å². The molecule has 0 unspecified atom stereocenters. The molecule has 0 radical (unpaired) electrons.